The second-order valence-electron chi connectivity index (χ2n) is 5.89. The number of urea groups is 1. The second kappa shape index (κ2) is 7.06. The third kappa shape index (κ3) is 3.41. The van der Waals surface area contributed by atoms with Crippen molar-refractivity contribution in [3.8, 4) is 10.6 Å². The average molecular weight is 354 g/mol. The van der Waals surface area contributed by atoms with Crippen LogP contribution in [0, 0.1) is 0 Å². The van der Waals surface area contributed by atoms with Gasteiger partial charge in [-0.3, -0.25) is 0 Å². The molecule has 1 aliphatic rings. The van der Waals surface area contributed by atoms with Gasteiger partial charge in [0, 0.05) is 12.1 Å². The van der Waals surface area contributed by atoms with Gasteiger partial charge in [0.2, 0.25) is 0 Å². The molecule has 3 heterocycles. The number of nitrogens with zero attached hydrogens (tertiary/aromatic N) is 3. The molecule has 128 valence electrons. The monoisotopic (exact) mass is 354 g/mol. The summed E-state index contributed by atoms with van der Waals surface area (Å²) in [4.78, 5) is 14.4. The van der Waals surface area contributed by atoms with Gasteiger partial charge in [-0.2, -0.15) is 0 Å². The molecule has 1 saturated heterocycles. The number of benzene rings is 1. The van der Waals surface area contributed by atoms with Crippen molar-refractivity contribution in [2.45, 2.75) is 25.4 Å². The van der Waals surface area contributed by atoms with Crippen molar-refractivity contribution in [3.05, 3.63) is 59.5 Å². The first-order chi connectivity index (χ1) is 12.3. The van der Waals surface area contributed by atoms with Crippen molar-refractivity contribution >= 4 is 17.4 Å². The van der Waals surface area contributed by atoms with E-state index in [-0.39, 0.29) is 12.1 Å². The van der Waals surface area contributed by atoms with Gasteiger partial charge in [0.15, 0.2) is 0 Å². The first-order valence-corrected chi connectivity index (χ1v) is 9.08. The minimum Gasteiger partial charge on any atom is -0.467 e. The molecule has 1 aliphatic heterocycles. The number of hydrogen-bond acceptors (Lipinski definition) is 5. The molecule has 4 rings (SSSR count). The van der Waals surface area contributed by atoms with Gasteiger partial charge >= 0.3 is 6.03 Å². The zero-order valence-corrected chi connectivity index (χ0v) is 14.4. The van der Waals surface area contributed by atoms with E-state index < -0.39 is 0 Å². The molecule has 1 fully saturated rings. The number of carbonyl (C=O) groups excluding carboxylic acids is 1. The number of nitrogens with one attached hydrogen (secondary N) is 1. The van der Waals surface area contributed by atoms with Crippen LogP contribution in [0.3, 0.4) is 0 Å². The van der Waals surface area contributed by atoms with Crippen LogP contribution in [0.1, 0.15) is 29.7 Å². The Labute approximate surface area is 149 Å². The Morgan fingerprint density at radius 3 is 2.92 bits per heavy atom. The van der Waals surface area contributed by atoms with E-state index >= 15 is 0 Å². The molecule has 0 bridgehead atoms. The van der Waals surface area contributed by atoms with Crippen LogP contribution in [-0.4, -0.2) is 27.7 Å². The molecule has 25 heavy (non-hydrogen) atoms. The van der Waals surface area contributed by atoms with Crippen molar-refractivity contribution < 1.29 is 9.21 Å². The molecule has 2 aromatic heterocycles. The van der Waals surface area contributed by atoms with Crippen molar-refractivity contribution in [2.24, 2.45) is 0 Å². The molecule has 2 amide bonds. The van der Waals surface area contributed by atoms with E-state index in [0.29, 0.717) is 6.54 Å². The van der Waals surface area contributed by atoms with Gasteiger partial charge < -0.3 is 14.6 Å². The minimum atomic E-state index is -0.0876. The van der Waals surface area contributed by atoms with Gasteiger partial charge in [0.1, 0.15) is 15.8 Å². The zero-order chi connectivity index (χ0) is 17.1. The van der Waals surface area contributed by atoms with Crippen LogP contribution >= 0.6 is 11.3 Å². The predicted octanol–water partition coefficient (Wildman–Crippen LogP) is 3.84. The first-order valence-electron chi connectivity index (χ1n) is 8.27. The molecule has 3 aromatic rings. The summed E-state index contributed by atoms with van der Waals surface area (Å²) in [5.74, 6) is 0.843. The Balaban J connectivity index is 1.38. The van der Waals surface area contributed by atoms with Crippen molar-refractivity contribution in [2.75, 3.05) is 6.54 Å². The highest BCUT2D eigenvalue weighted by Gasteiger charge is 2.31. The lowest BCUT2D eigenvalue weighted by Crippen LogP contribution is -2.39. The van der Waals surface area contributed by atoms with Gasteiger partial charge in [0.25, 0.3) is 0 Å². The lowest BCUT2D eigenvalue weighted by Gasteiger charge is -2.23. The van der Waals surface area contributed by atoms with Gasteiger partial charge in [-0.15, -0.1) is 10.2 Å². The summed E-state index contributed by atoms with van der Waals surface area (Å²) < 4.78 is 5.47. The lowest BCUT2D eigenvalue weighted by atomic mass is 10.2. The quantitative estimate of drug-likeness (QED) is 0.772. The summed E-state index contributed by atoms with van der Waals surface area (Å²) in [5, 5.41) is 13.0. The van der Waals surface area contributed by atoms with Crippen LogP contribution in [0.2, 0.25) is 0 Å². The average Bonchev–Trinajstić information content (AvgIpc) is 3.41. The molecule has 0 radical (unpaired) electrons. The van der Waals surface area contributed by atoms with Crippen LogP contribution < -0.4 is 5.32 Å². The highest BCUT2D eigenvalue weighted by molar-refractivity contribution is 7.14. The van der Waals surface area contributed by atoms with Crippen LogP contribution in [0.25, 0.3) is 10.6 Å². The summed E-state index contributed by atoms with van der Waals surface area (Å²) >= 11 is 1.50. The maximum atomic E-state index is 12.5. The van der Waals surface area contributed by atoms with E-state index in [1.54, 1.807) is 6.26 Å². The fraction of sp³-hybridized carbons (Fsp3) is 0.278. The minimum absolute atomic E-state index is 0.0179. The van der Waals surface area contributed by atoms with E-state index in [1.165, 1.54) is 11.3 Å². The largest absolute Gasteiger partial charge is 0.467 e. The molecule has 6 nitrogen and oxygen atoms in total. The fourth-order valence-electron chi connectivity index (χ4n) is 3.06. The number of aromatic nitrogens is 2. The smallest absolute Gasteiger partial charge is 0.318 e. The number of hydrogen-bond donors (Lipinski definition) is 1. The maximum absolute atomic E-state index is 12.5. The number of rotatable bonds is 4. The van der Waals surface area contributed by atoms with E-state index in [1.807, 2.05) is 47.4 Å². The Morgan fingerprint density at radius 1 is 1.24 bits per heavy atom. The molecular weight excluding hydrogens is 336 g/mol. The number of furan rings is 1. The standard InChI is InChI=1S/C18H18N4O2S/c23-18(22-10-4-8-14(22)15-9-5-11-24-15)19-12-16-20-21-17(25-16)13-6-2-1-3-7-13/h1-3,5-7,9,11,14H,4,8,10,12H2,(H,19,23). The molecule has 0 spiro atoms. The molecule has 1 unspecified atom stereocenters. The van der Waals surface area contributed by atoms with E-state index in [2.05, 4.69) is 15.5 Å². The molecule has 1 aromatic carbocycles. The first kappa shape index (κ1) is 15.8. The Kier molecular flexibility index (Phi) is 4.47. The van der Waals surface area contributed by atoms with E-state index in [9.17, 15) is 4.79 Å². The molecule has 1 atom stereocenters. The molecule has 7 heteroatoms. The van der Waals surface area contributed by atoms with E-state index in [4.69, 9.17) is 4.42 Å². The Bertz CT molecular complexity index is 832. The molecule has 0 saturated carbocycles. The highest BCUT2D eigenvalue weighted by atomic mass is 32.1. The maximum Gasteiger partial charge on any atom is 0.318 e. The van der Waals surface area contributed by atoms with Gasteiger partial charge in [-0.25, -0.2) is 4.79 Å². The van der Waals surface area contributed by atoms with E-state index in [0.717, 1.165) is 40.7 Å². The summed E-state index contributed by atoms with van der Waals surface area (Å²) in [7, 11) is 0. The van der Waals surface area contributed by atoms with Crippen LogP contribution in [-0.2, 0) is 6.54 Å². The summed E-state index contributed by atoms with van der Waals surface area (Å²) in [6, 6.07) is 13.6. The normalized spacial score (nSPS) is 17.0. The Morgan fingerprint density at radius 2 is 2.12 bits per heavy atom. The summed E-state index contributed by atoms with van der Waals surface area (Å²) in [6.07, 6.45) is 3.56. The fourth-order valence-corrected chi connectivity index (χ4v) is 3.85. The zero-order valence-electron chi connectivity index (χ0n) is 13.6. The van der Waals surface area contributed by atoms with Crippen LogP contribution in [0.15, 0.2) is 53.1 Å². The van der Waals surface area contributed by atoms with Crippen LogP contribution in [0.5, 0.6) is 0 Å². The van der Waals surface area contributed by atoms with Crippen molar-refractivity contribution in [1.29, 1.82) is 0 Å². The third-order valence-corrected chi connectivity index (χ3v) is 5.24. The number of amides is 2. The second-order valence-corrected chi connectivity index (χ2v) is 6.95. The Hall–Kier alpha value is -2.67. The van der Waals surface area contributed by atoms with Gasteiger partial charge in [-0.1, -0.05) is 41.7 Å². The van der Waals surface area contributed by atoms with Crippen LogP contribution in [0.4, 0.5) is 4.79 Å². The van der Waals surface area contributed by atoms with Crippen molar-refractivity contribution in [1.82, 2.24) is 20.4 Å². The summed E-state index contributed by atoms with van der Waals surface area (Å²) in [5.41, 5.74) is 1.04. The number of likely N-dealkylation sites (tertiary alicyclic amines) is 1. The summed E-state index contributed by atoms with van der Waals surface area (Å²) in [6.45, 7) is 1.12. The molecular formula is C18H18N4O2S. The number of carbonyl (C=O) groups is 1. The molecule has 0 aliphatic carbocycles. The van der Waals surface area contributed by atoms with Gasteiger partial charge in [-0.05, 0) is 25.0 Å². The third-order valence-electron chi connectivity index (χ3n) is 4.26. The topological polar surface area (TPSA) is 71.3 Å². The molecule has 1 N–H and O–H groups in total. The predicted molar refractivity (Wildman–Crippen MR) is 95.0 cm³/mol. The lowest BCUT2D eigenvalue weighted by molar-refractivity contribution is 0.185. The highest BCUT2D eigenvalue weighted by Crippen LogP contribution is 2.32. The SMILES string of the molecule is O=C(NCc1nnc(-c2ccccc2)s1)N1CCCC1c1ccco1. The van der Waals surface area contributed by atoms with Gasteiger partial charge in [0.05, 0.1) is 18.8 Å². The van der Waals surface area contributed by atoms with Crippen molar-refractivity contribution in [3.63, 3.8) is 0 Å².